The van der Waals surface area contributed by atoms with E-state index >= 15 is 0 Å². The molecule has 0 spiro atoms. The SMILES string of the molecule is Cc1nc2ncc(Br)cc2n1CCOCCC(=O)O. The molecule has 0 unspecified atom stereocenters. The van der Waals surface area contributed by atoms with Crippen molar-refractivity contribution >= 4 is 33.1 Å². The highest BCUT2D eigenvalue weighted by Gasteiger charge is 2.08. The van der Waals surface area contributed by atoms with Gasteiger partial charge in [0.25, 0.3) is 0 Å². The smallest absolute Gasteiger partial charge is 0.305 e. The summed E-state index contributed by atoms with van der Waals surface area (Å²) in [6, 6.07) is 1.96. The first-order chi connectivity index (χ1) is 9.08. The third-order valence-electron chi connectivity index (χ3n) is 2.68. The van der Waals surface area contributed by atoms with Crippen LogP contribution in [-0.2, 0) is 16.1 Å². The number of carbonyl (C=O) groups is 1. The van der Waals surface area contributed by atoms with Gasteiger partial charge < -0.3 is 14.4 Å². The van der Waals surface area contributed by atoms with E-state index in [1.807, 2.05) is 17.6 Å². The third-order valence-corrected chi connectivity index (χ3v) is 3.12. The zero-order chi connectivity index (χ0) is 13.8. The molecule has 0 aliphatic heterocycles. The summed E-state index contributed by atoms with van der Waals surface area (Å²) in [6.45, 7) is 3.21. The highest BCUT2D eigenvalue weighted by molar-refractivity contribution is 9.10. The van der Waals surface area contributed by atoms with Gasteiger partial charge in [-0.25, -0.2) is 9.97 Å². The van der Waals surface area contributed by atoms with Crippen LogP contribution in [0, 0.1) is 6.92 Å². The summed E-state index contributed by atoms with van der Waals surface area (Å²) in [4.78, 5) is 18.9. The highest BCUT2D eigenvalue weighted by Crippen LogP contribution is 2.18. The molecule has 6 nitrogen and oxygen atoms in total. The van der Waals surface area contributed by atoms with E-state index in [0.29, 0.717) is 18.8 Å². The topological polar surface area (TPSA) is 77.2 Å². The second-order valence-corrected chi connectivity index (χ2v) is 4.98. The molecule has 2 heterocycles. The molecule has 0 fully saturated rings. The molecule has 0 atom stereocenters. The molecule has 2 rings (SSSR count). The number of carboxylic acids is 1. The lowest BCUT2D eigenvalue weighted by Crippen LogP contribution is -2.10. The van der Waals surface area contributed by atoms with Crippen molar-refractivity contribution in [3.8, 4) is 0 Å². The van der Waals surface area contributed by atoms with Crippen LogP contribution in [0.3, 0.4) is 0 Å². The number of hydrogen-bond acceptors (Lipinski definition) is 4. The van der Waals surface area contributed by atoms with Crippen molar-refractivity contribution in [1.82, 2.24) is 14.5 Å². The van der Waals surface area contributed by atoms with Crippen LogP contribution in [0.2, 0.25) is 0 Å². The summed E-state index contributed by atoms with van der Waals surface area (Å²) in [5.41, 5.74) is 1.64. The van der Waals surface area contributed by atoms with Crippen LogP contribution in [0.5, 0.6) is 0 Å². The molecule has 2 aromatic rings. The lowest BCUT2D eigenvalue weighted by atomic mass is 10.4. The number of imidazole rings is 1. The highest BCUT2D eigenvalue weighted by atomic mass is 79.9. The number of aliphatic carboxylic acids is 1. The number of pyridine rings is 1. The maximum absolute atomic E-state index is 10.3. The lowest BCUT2D eigenvalue weighted by molar-refractivity contribution is -0.138. The summed E-state index contributed by atoms with van der Waals surface area (Å²) in [5, 5.41) is 8.50. The number of fused-ring (bicyclic) bond motifs is 1. The number of carboxylic acid groups (broad SMARTS) is 1. The number of rotatable bonds is 6. The van der Waals surface area contributed by atoms with Crippen molar-refractivity contribution in [2.75, 3.05) is 13.2 Å². The van der Waals surface area contributed by atoms with Gasteiger partial charge >= 0.3 is 5.97 Å². The van der Waals surface area contributed by atoms with Crippen LogP contribution >= 0.6 is 15.9 Å². The van der Waals surface area contributed by atoms with Crippen LogP contribution < -0.4 is 0 Å². The molecule has 0 radical (unpaired) electrons. The van der Waals surface area contributed by atoms with E-state index in [2.05, 4.69) is 25.9 Å². The molecule has 0 bridgehead atoms. The zero-order valence-electron chi connectivity index (χ0n) is 10.5. The molecule has 0 aliphatic carbocycles. The van der Waals surface area contributed by atoms with Gasteiger partial charge in [0.1, 0.15) is 5.82 Å². The summed E-state index contributed by atoms with van der Waals surface area (Å²) >= 11 is 3.38. The van der Waals surface area contributed by atoms with E-state index in [4.69, 9.17) is 9.84 Å². The molecule has 19 heavy (non-hydrogen) atoms. The van der Waals surface area contributed by atoms with E-state index in [1.165, 1.54) is 0 Å². The molecule has 0 aromatic carbocycles. The van der Waals surface area contributed by atoms with E-state index in [-0.39, 0.29) is 13.0 Å². The molecular weight excluding hydrogens is 314 g/mol. The molecule has 1 N–H and O–H groups in total. The molecule has 0 aliphatic rings. The Morgan fingerprint density at radius 1 is 1.53 bits per heavy atom. The zero-order valence-corrected chi connectivity index (χ0v) is 12.1. The van der Waals surface area contributed by atoms with Crippen molar-refractivity contribution in [3.05, 3.63) is 22.6 Å². The van der Waals surface area contributed by atoms with Gasteiger partial charge in [-0.05, 0) is 28.9 Å². The van der Waals surface area contributed by atoms with Crippen LogP contribution in [0.4, 0.5) is 0 Å². The summed E-state index contributed by atoms with van der Waals surface area (Å²) in [5.74, 6) is 0.0137. The summed E-state index contributed by atoms with van der Waals surface area (Å²) < 4.78 is 8.19. The van der Waals surface area contributed by atoms with Crippen LogP contribution in [0.25, 0.3) is 11.2 Å². The van der Waals surface area contributed by atoms with Crippen LogP contribution in [0.15, 0.2) is 16.7 Å². The number of aryl methyl sites for hydroxylation is 1. The maximum atomic E-state index is 10.3. The Morgan fingerprint density at radius 3 is 3.05 bits per heavy atom. The van der Waals surface area contributed by atoms with Gasteiger partial charge in [-0.2, -0.15) is 0 Å². The normalized spacial score (nSPS) is 11.1. The second-order valence-electron chi connectivity index (χ2n) is 4.06. The molecule has 7 heteroatoms. The quantitative estimate of drug-likeness (QED) is 0.821. The van der Waals surface area contributed by atoms with E-state index in [9.17, 15) is 4.79 Å². The molecule has 2 aromatic heterocycles. The minimum Gasteiger partial charge on any atom is -0.481 e. The van der Waals surface area contributed by atoms with Gasteiger partial charge in [-0.3, -0.25) is 4.79 Å². The fraction of sp³-hybridized carbons (Fsp3) is 0.417. The maximum Gasteiger partial charge on any atom is 0.305 e. The Balaban J connectivity index is 2.01. The third kappa shape index (κ3) is 3.51. The number of aromatic nitrogens is 3. The van der Waals surface area contributed by atoms with Gasteiger partial charge in [-0.15, -0.1) is 0 Å². The Hall–Kier alpha value is -1.47. The van der Waals surface area contributed by atoms with Gasteiger partial charge in [0.05, 0.1) is 25.2 Å². The van der Waals surface area contributed by atoms with Crippen LogP contribution in [-0.4, -0.2) is 38.8 Å². The summed E-state index contributed by atoms with van der Waals surface area (Å²) in [6.07, 6.45) is 1.74. The fourth-order valence-corrected chi connectivity index (χ4v) is 2.11. The van der Waals surface area contributed by atoms with Gasteiger partial charge in [0.2, 0.25) is 0 Å². The summed E-state index contributed by atoms with van der Waals surface area (Å²) in [7, 11) is 0. The monoisotopic (exact) mass is 327 g/mol. The Kier molecular flexibility index (Phi) is 4.49. The van der Waals surface area contributed by atoms with Crippen LogP contribution in [0.1, 0.15) is 12.2 Å². The minimum atomic E-state index is -0.850. The molecule has 0 saturated carbocycles. The number of hydrogen-bond donors (Lipinski definition) is 1. The van der Waals surface area contributed by atoms with Gasteiger partial charge in [0, 0.05) is 17.2 Å². The molecule has 102 valence electrons. The standard InChI is InChI=1S/C12H14BrN3O3/c1-8-15-12-10(6-9(13)7-14-12)16(8)3-5-19-4-2-11(17)18/h6-7H,2-5H2,1H3,(H,17,18). The molecule has 0 saturated heterocycles. The second kappa shape index (κ2) is 6.12. The number of halogens is 1. The average molecular weight is 328 g/mol. The molecule has 0 amide bonds. The average Bonchev–Trinajstić information content (AvgIpc) is 2.65. The first-order valence-corrected chi connectivity index (χ1v) is 6.65. The number of ether oxygens (including phenoxy) is 1. The predicted molar refractivity (Wildman–Crippen MR) is 73.0 cm³/mol. The van der Waals surface area contributed by atoms with Crippen molar-refractivity contribution in [1.29, 1.82) is 0 Å². The fourth-order valence-electron chi connectivity index (χ4n) is 1.79. The first-order valence-electron chi connectivity index (χ1n) is 5.86. The van der Waals surface area contributed by atoms with Gasteiger partial charge in [0.15, 0.2) is 5.65 Å². The Labute approximate surface area is 118 Å². The van der Waals surface area contributed by atoms with Crippen molar-refractivity contribution < 1.29 is 14.6 Å². The first kappa shape index (κ1) is 14.0. The lowest BCUT2D eigenvalue weighted by Gasteiger charge is -2.07. The number of nitrogens with zero attached hydrogens (tertiary/aromatic N) is 3. The molecular formula is C12H14BrN3O3. The van der Waals surface area contributed by atoms with E-state index in [1.54, 1.807) is 6.20 Å². The van der Waals surface area contributed by atoms with Crippen molar-refractivity contribution in [3.63, 3.8) is 0 Å². The van der Waals surface area contributed by atoms with Crippen molar-refractivity contribution in [2.24, 2.45) is 0 Å². The largest absolute Gasteiger partial charge is 0.481 e. The van der Waals surface area contributed by atoms with Crippen molar-refractivity contribution in [2.45, 2.75) is 19.9 Å². The van der Waals surface area contributed by atoms with E-state index < -0.39 is 5.97 Å². The Morgan fingerprint density at radius 2 is 2.32 bits per heavy atom. The predicted octanol–water partition coefficient (Wildman–Crippen LogP) is 1.99. The Bertz CT molecular complexity index is 597. The minimum absolute atomic E-state index is 0.0246. The van der Waals surface area contributed by atoms with Gasteiger partial charge in [-0.1, -0.05) is 0 Å². The van der Waals surface area contributed by atoms with E-state index in [0.717, 1.165) is 15.8 Å².